The van der Waals surface area contributed by atoms with Crippen LogP contribution >= 0.6 is 15.9 Å². The van der Waals surface area contributed by atoms with Gasteiger partial charge >= 0.3 is 5.97 Å². The minimum atomic E-state index is -0.768. The molecule has 0 amide bonds. The maximum Gasteiger partial charge on any atom is 0.307 e. The van der Waals surface area contributed by atoms with Crippen LogP contribution in [0.15, 0.2) is 28.7 Å². The first-order valence-electron chi connectivity index (χ1n) is 5.22. The van der Waals surface area contributed by atoms with Gasteiger partial charge in [0.2, 0.25) is 0 Å². The van der Waals surface area contributed by atoms with Gasteiger partial charge in [-0.15, -0.1) is 0 Å². The van der Waals surface area contributed by atoms with E-state index < -0.39 is 5.97 Å². The molecule has 1 aromatic carbocycles. The van der Waals surface area contributed by atoms with Gasteiger partial charge in [-0.2, -0.15) is 0 Å². The number of benzene rings is 1. The molecule has 3 nitrogen and oxygen atoms in total. The van der Waals surface area contributed by atoms with Crippen LogP contribution in [-0.2, 0) is 4.79 Å². The second-order valence-corrected chi connectivity index (χ2v) is 4.84. The molecule has 0 fully saturated rings. The summed E-state index contributed by atoms with van der Waals surface area (Å²) < 4.78 is 1.04. The Bertz CT molecular complexity index is 351. The van der Waals surface area contributed by atoms with Crippen LogP contribution in [0.25, 0.3) is 0 Å². The molecule has 0 bridgehead atoms. The number of carbonyl (C=O) groups is 1. The van der Waals surface area contributed by atoms with E-state index in [0.717, 1.165) is 10.0 Å². The Morgan fingerprint density at radius 3 is 2.44 bits per heavy atom. The molecule has 0 saturated carbocycles. The molecule has 0 aliphatic carbocycles. The molecule has 0 spiro atoms. The van der Waals surface area contributed by atoms with Crippen LogP contribution in [0.2, 0.25) is 0 Å². The largest absolute Gasteiger partial charge is 0.481 e. The number of carboxylic acids is 1. The standard InChI is InChI=1S/C12H16BrNO2/c1-8(12(15)16)7-14-9(2)10-3-5-11(13)6-4-10/h3-6,8-9,14H,7H2,1-2H3,(H,15,16)/t8?,9-/m0/s1. The average molecular weight is 286 g/mol. The van der Waals surface area contributed by atoms with Gasteiger partial charge in [-0.3, -0.25) is 4.79 Å². The third kappa shape index (κ3) is 3.94. The van der Waals surface area contributed by atoms with E-state index in [2.05, 4.69) is 21.2 Å². The summed E-state index contributed by atoms with van der Waals surface area (Å²) in [6.45, 7) is 4.20. The molecule has 0 heterocycles. The lowest BCUT2D eigenvalue weighted by Gasteiger charge is -2.16. The molecular formula is C12H16BrNO2. The van der Waals surface area contributed by atoms with Crippen LogP contribution in [0, 0.1) is 5.92 Å². The predicted molar refractivity (Wildman–Crippen MR) is 67.4 cm³/mol. The van der Waals surface area contributed by atoms with Crippen LogP contribution in [0.4, 0.5) is 0 Å². The number of carboxylic acid groups (broad SMARTS) is 1. The second-order valence-electron chi connectivity index (χ2n) is 3.92. The van der Waals surface area contributed by atoms with Gasteiger partial charge in [-0.05, 0) is 24.6 Å². The number of nitrogens with one attached hydrogen (secondary N) is 1. The molecule has 1 unspecified atom stereocenters. The predicted octanol–water partition coefficient (Wildman–Crippen LogP) is 2.82. The lowest BCUT2D eigenvalue weighted by atomic mass is 10.1. The first-order valence-corrected chi connectivity index (χ1v) is 6.01. The molecule has 16 heavy (non-hydrogen) atoms. The second kappa shape index (κ2) is 6.01. The minimum Gasteiger partial charge on any atom is -0.481 e. The van der Waals surface area contributed by atoms with Crippen LogP contribution < -0.4 is 5.32 Å². The highest BCUT2D eigenvalue weighted by atomic mass is 79.9. The number of aliphatic carboxylic acids is 1. The molecule has 0 aromatic heterocycles. The number of hydrogen-bond donors (Lipinski definition) is 2. The normalized spacial score (nSPS) is 14.4. The van der Waals surface area contributed by atoms with Gasteiger partial charge in [0, 0.05) is 17.1 Å². The summed E-state index contributed by atoms with van der Waals surface area (Å²) in [6, 6.07) is 8.16. The smallest absolute Gasteiger partial charge is 0.307 e. The molecule has 2 N–H and O–H groups in total. The van der Waals surface area contributed by atoms with Crippen LogP contribution in [0.5, 0.6) is 0 Å². The summed E-state index contributed by atoms with van der Waals surface area (Å²) in [6.07, 6.45) is 0. The Morgan fingerprint density at radius 1 is 1.38 bits per heavy atom. The van der Waals surface area contributed by atoms with E-state index in [-0.39, 0.29) is 12.0 Å². The van der Waals surface area contributed by atoms with Gasteiger partial charge < -0.3 is 10.4 Å². The van der Waals surface area contributed by atoms with Gasteiger partial charge in [-0.25, -0.2) is 0 Å². The zero-order valence-corrected chi connectivity index (χ0v) is 11.0. The maximum absolute atomic E-state index is 10.6. The molecular weight excluding hydrogens is 270 g/mol. The van der Waals surface area contributed by atoms with E-state index in [1.54, 1.807) is 6.92 Å². The van der Waals surface area contributed by atoms with Crippen molar-refractivity contribution in [2.24, 2.45) is 5.92 Å². The van der Waals surface area contributed by atoms with Crippen molar-refractivity contribution in [3.8, 4) is 0 Å². The molecule has 0 aliphatic rings. The van der Waals surface area contributed by atoms with Crippen LogP contribution in [0.3, 0.4) is 0 Å². The molecule has 0 saturated heterocycles. The van der Waals surface area contributed by atoms with Crippen molar-refractivity contribution < 1.29 is 9.90 Å². The molecule has 1 aromatic rings. The molecule has 1 rings (SSSR count). The maximum atomic E-state index is 10.6. The van der Waals surface area contributed by atoms with Crippen molar-refractivity contribution in [1.82, 2.24) is 5.32 Å². The quantitative estimate of drug-likeness (QED) is 0.875. The zero-order valence-electron chi connectivity index (χ0n) is 9.40. The fraction of sp³-hybridized carbons (Fsp3) is 0.417. The molecule has 4 heteroatoms. The SMILES string of the molecule is CC(CN[C@@H](C)c1ccc(Br)cc1)C(=O)O. The summed E-state index contributed by atoms with van der Waals surface area (Å²) in [7, 11) is 0. The Hall–Kier alpha value is -0.870. The number of hydrogen-bond acceptors (Lipinski definition) is 2. The number of halogens is 1. The van der Waals surface area contributed by atoms with Crippen molar-refractivity contribution in [2.75, 3.05) is 6.54 Å². The Morgan fingerprint density at radius 2 is 1.94 bits per heavy atom. The highest BCUT2D eigenvalue weighted by Crippen LogP contribution is 2.16. The fourth-order valence-corrected chi connectivity index (χ4v) is 1.57. The van der Waals surface area contributed by atoms with Gasteiger partial charge in [0.15, 0.2) is 0 Å². The van der Waals surface area contributed by atoms with Crippen LogP contribution in [0.1, 0.15) is 25.5 Å². The highest BCUT2D eigenvalue weighted by Gasteiger charge is 2.12. The lowest BCUT2D eigenvalue weighted by Crippen LogP contribution is -2.28. The number of rotatable bonds is 5. The topological polar surface area (TPSA) is 49.3 Å². The van der Waals surface area contributed by atoms with E-state index >= 15 is 0 Å². The van der Waals surface area contributed by atoms with Crippen molar-refractivity contribution in [1.29, 1.82) is 0 Å². The summed E-state index contributed by atoms with van der Waals surface area (Å²) in [5, 5.41) is 12.0. The van der Waals surface area contributed by atoms with Crippen molar-refractivity contribution >= 4 is 21.9 Å². The molecule has 0 radical (unpaired) electrons. The third-order valence-electron chi connectivity index (χ3n) is 2.52. The summed E-state index contributed by atoms with van der Waals surface area (Å²) in [4.78, 5) is 10.6. The van der Waals surface area contributed by atoms with E-state index in [0.29, 0.717) is 6.54 Å². The first-order chi connectivity index (χ1) is 7.50. The van der Waals surface area contributed by atoms with Gasteiger partial charge in [0.05, 0.1) is 5.92 Å². The molecule has 0 aliphatic heterocycles. The molecule has 88 valence electrons. The molecule has 2 atom stereocenters. The van der Waals surface area contributed by atoms with E-state index in [4.69, 9.17) is 5.11 Å². The summed E-state index contributed by atoms with van der Waals surface area (Å²) >= 11 is 3.38. The Kier molecular flexibility index (Phi) is 4.96. The van der Waals surface area contributed by atoms with Gasteiger partial charge in [0.1, 0.15) is 0 Å². The summed E-state index contributed by atoms with van der Waals surface area (Å²) in [5.41, 5.74) is 1.15. The van der Waals surface area contributed by atoms with Crippen LogP contribution in [-0.4, -0.2) is 17.6 Å². The van der Waals surface area contributed by atoms with Gasteiger partial charge in [0.25, 0.3) is 0 Å². The Balaban J connectivity index is 2.49. The Labute approximate surface area is 104 Å². The zero-order chi connectivity index (χ0) is 12.1. The summed E-state index contributed by atoms with van der Waals surface area (Å²) in [5.74, 6) is -1.13. The van der Waals surface area contributed by atoms with E-state index in [9.17, 15) is 4.79 Å². The first kappa shape index (κ1) is 13.2. The monoisotopic (exact) mass is 285 g/mol. The average Bonchev–Trinajstić information content (AvgIpc) is 2.26. The third-order valence-corrected chi connectivity index (χ3v) is 3.05. The van der Waals surface area contributed by atoms with Gasteiger partial charge in [-0.1, -0.05) is 35.0 Å². The van der Waals surface area contributed by atoms with E-state index in [1.807, 2.05) is 31.2 Å². The van der Waals surface area contributed by atoms with E-state index in [1.165, 1.54) is 0 Å². The fourth-order valence-electron chi connectivity index (χ4n) is 1.31. The minimum absolute atomic E-state index is 0.162. The van der Waals surface area contributed by atoms with Crippen molar-refractivity contribution in [3.05, 3.63) is 34.3 Å². The highest BCUT2D eigenvalue weighted by molar-refractivity contribution is 9.10. The van der Waals surface area contributed by atoms with Crippen molar-refractivity contribution in [2.45, 2.75) is 19.9 Å². The lowest BCUT2D eigenvalue weighted by molar-refractivity contribution is -0.140. The van der Waals surface area contributed by atoms with Crippen molar-refractivity contribution in [3.63, 3.8) is 0 Å².